The summed E-state index contributed by atoms with van der Waals surface area (Å²) in [6.07, 6.45) is 10.5. The Labute approximate surface area is 233 Å². The van der Waals surface area contributed by atoms with Crippen LogP contribution in [0.3, 0.4) is 0 Å². The third-order valence-corrected chi connectivity index (χ3v) is 9.69. The summed E-state index contributed by atoms with van der Waals surface area (Å²) in [6.45, 7) is 5.40. The molecule has 2 aliphatic carbocycles. The monoisotopic (exact) mass is 543 g/mol. The van der Waals surface area contributed by atoms with Gasteiger partial charge in [0.15, 0.2) is 11.6 Å². The molecule has 2 aromatic heterocycles. The number of nitrogens with zero attached hydrogens (tertiary/aromatic N) is 5. The average molecular weight is 544 g/mol. The van der Waals surface area contributed by atoms with Gasteiger partial charge in [-0.25, -0.2) is 14.4 Å². The number of hydrogen-bond donors (Lipinski definition) is 0. The number of halogens is 1. The van der Waals surface area contributed by atoms with Crippen molar-refractivity contribution in [3.8, 4) is 17.2 Å². The highest BCUT2D eigenvalue weighted by atomic mass is 19.1. The van der Waals surface area contributed by atoms with Crippen molar-refractivity contribution in [3.05, 3.63) is 65.6 Å². The molecule has 0 bridgehead atoms. The molecule has 40 heavy (non-hydrogen) atoms. The number of pyridine rings is 1. The molecule has 0 amide bonds. The highest BCUT2D eigenvalue weighted by Gasteiger charge is 2.54. The maximum absolute atomic E-state index is 14.2. The van der Waals surface area contributed by atoms with Crippen molar-refractivity contribution in [1.82, 2.24) is 19.9 Å². The second-order valence-electron chi connectivity index (χ2n) is 12.8. The Kier molecular flexibility index (Phi) is 5.58. The van der Waals surface area contributed by atoms with Gasteiger partial charge in [0.25, 0.3) is 0 Å². The van der Waals surface area contributed by atoms with Crippen molar-refractivity contribution in [2.45, 2.75) is 50.7 Å². The van der Waals surface area contributed by atoms with Gasteiger partial charge in [0.05, 0.1) is 19.4 Å². The lowest BCUT2D eigenvalue weighted by molar-refractivity contribution is -0.164. The van der Waals surface area contributed by atoms with Crippen LogP contribution >= 0.6 is 0 Å². The number of hydrogen-bond acceptors (Lipinski definition) is 8. The third kappa shape index (κ3) is 4.13. The van der Waals surface area contributed by atoms with Crippen LogP contribution in [0.4, 0.5) is 10.2 Å². The van der Waals surface area contributed by atoms with Gasteiger partial charge in [-0.05, 0) is 62.9 Å². The molecule has 9 heteroatoms. The van der Waals surface area contributed by atoms with E-state index in [0.29, 0.717) is 16.9 Å². The summed E-state index contributed by atoms with van der Waals surface area (Å²) >= 11 is 0. The predicted octanol–water partition coefficient (Wildman–Crippen LogP) is 4.73. The predicted molar refractivity (Wildman–Crippen MR) is 146 cm³/mol. The van der Waals surface area contributed by atoms with Gasteiger partial charge >= 0.3 is 0 Å². The number of rotatable bonds is 6. The van der Waals surface area contributed by atoms with Crippen LogP contribution in [0.5, 0.6) is 17.2 Å². The molecule has 8 rings (SSSR count). The lowest BCUT2D eigenvalue weighted by atomic mass is 9.59. The first-order valence-corrected chi connectivity index (χ1v) is 14.4. The van der Waals surface area contributed by atoms with Crippen LogP contribution in [0.1, 0.15) is 48.4 Å². The summed E-state index contributed by atoms with van der Waals surface area (Å²) in [7, 11) is 2.15. The molecule has 5 aliphatic rings. The topological polar surface area (TPSA) is 72.8 Å². The van der Waals surface area contributed by atoms with E-state index in [0.717, 1.165) is 88.6 Å². The summed E-state index contributed by atoms with van der Waals surface area (Å²) in [5.74, 6) is 3.15. The van der Waals surface area contributed by atoms with E-state index in [1.54, 1.807) is 24.7 Å². The van der Waals surface area contributed by atoms with Crippen molar-refractivity contribution in [3.63, 3.8) is 0 Å². The zero-order valence-electron chi connectivity index (χ0n) is 22.8. The maximum Gasteiger partial charge on any atom is 0.188 e. The first-order chi connectivity index (χ1) is 19.5. The van der Waals surface area contributed by atoms with E-state index in [2.05, 4.69) is 31.8 Å². The van der Waals surface area contributed by atoms with Gasteiger partial charge < -0.3 is 24.0 Å². The van der Waals surface area contributed by atoms with Crippen LogP contribution in [0, 0.1) is 16.6 Å². The SMILES string of the molecule is CN1CCc2nccc(OC3CC4(C3)CN(c3ncncc3Oc3ccc(F)cc3C3CC5(COC5)C3)C4)c2C1. The number of fused-ring (bicyclic) bond motifs is 1. The van der Waals surface area contributed by atoms with Crippen LogP contribution in [0.25, 0.3) is 0 Å². The van der Waals surface area contributed by atoms with E-state index in [1.165, 1.54) is 17.3 Å². The number of anilines is 1. The summed E-state index contributed by atoms with van der Waals surface area (Å²) in [6, 6.07) is 6.85. The number of benzene rings is 1. The molecule has 0 atom stereocenters. The average Bonchev–Trinajstić information content (AvgIpc) is 2.85. The van der Waals surface area contributed by atoms with Crippen LogP contribution in [0.15, 0.2) is 43.0 Å². The minimum atomic E-state index is -0.233. The molecule has 0 N–H and O–H groups in total. The van der Waals surface area contributed by atoms with E-state index < -0.39 is 0 Å². The molecule has 3 aliphatic heterocycles. The van der Waals surface area contributed by atoms with Gasteiger partial charge in [-0.3, -0.25) is 4.98 Å². The maximum atomic E-state index is 14.2. The van der Waals surface area contributed by atoms with Gasteiger partial charge in [-0.2, -0.15) is 0 Å². The molecule has 1 aromatic carbocycles. The number of likely N-dealkylation sites (N-methyl/N-ethyl adjacent to an activating group) is 1. The Bertz CT molecular complexity index is 1440. The lowest BCUT2D eigenvalue weighted by Gasteiger charge is -2.59. The van der Waals surface area contributed by atoms with Gasteiger partial charge in [0, 0.05) is 66.4 Å². The Balaban J connectivity index is 0.927. The van der Waals surface area contributed by atoms with Crippen LogP contribution in [-0.4, -0.2) is 65.9 Å². The molecule has 0 unspecified atom stereocenters. The van der Waals surface area contributed by atoms with Crippen molar-refractivity contribution in [2.24, 2.45) is 10.8 Å². The Hall–Kier alpha value is -3.30. The van der Waals surface area contributed by atoms with Gasteiger partial charge in [-0.15, -0.1) is 0 Å². The fraction of sp³-hybridized carbons (Fsp3) is 0.516. The highest BCUT2D eigenvalue weighted by Crippen LogP contribution is 2.57. The normalized spacial score (nSPS) is 24.4. The molecule has 2 spiro atoms. The summed E-state index contributed by atoms with van der Waals surface area (Å²) in [5.41, 5.74) is 3.89. The van der Waals surface area contributed by atoms with E-state index in [9.17, 15) is 4.39 Å². The van der Waals surface area contributed by atoms with E-state index in [1.807, 2.05) is 12.3 Å². The zero-order chi connectivity index (χ0) is 26.9. The van der Waals surface area contributed by atoms with Crippen molar-refractivity contribution >= 4 is 5.82 Å². The second-order valence-corrected chi connectivity index (χ2v) is 12.8. The molecular weight excluding hydrogens is 509 g/mol. The Morgan fingerprint density at radius 2 is 1.85 bits per heavy atom. The molecule has 2 saturated heterocycles. The molecule has 0 radical (unpaired) electrons. The fourth-order valence-electron chi connectivity index (χ4n) is 7.50. The van der Waals surface area contributed by atoms with Gasteiger partial charge in [0.2, 0.25) is 0 Å². The third-order valence-electron chi connectivity index (χ3n) is 9.69. The summed E-state index contributed by atoms with van der Waals surface area (Å²) in [5, 5.41) is 0. The molecule has 8 nitrogen and oxygen atoms in total. The smallest absolute Gasteiger partial charge is 0.188 e. The first-order valence-electron chi connectivity index (χ1n) is 14.4. The quantitative estimate of drug-likeness (QED) is 0.442. The minimum Gasteiger partial charge on any atom is -0.490 e. The minimum absolute atomic E-state index is 0.232. The van der Waals surface area contributed by atoms with Crippen molar-refractivity contribution in [1.29, 1.82) is 0 Å². The fourth-order valence-corrected chi connectivity index (χ4v) is 7.50. The Morgan fingerprint density at radius 1 is 1.00 bits per heavy atom. The van der Waals surface area contributed by atoms with Crippen LogP contribution in [-0.2, 0) is 17.7 Å². The summed E-state index contributed by atoms with van der Waals surface area (Å²) in [4.78, 5) is 18.0. The zero-order valence-corrected chi connectivity index (χ0v) is 22.8. The van der Waals surface area contributed by atoms with E-state index >= 15 is 0 Å². The molecule has 3 aromatic rings. The van der Waals surface area contributed by atoms with E-state index in [4.69, 9.17) is 14.2 Å². The second kappa shape index (κ2) is 9.11. The van der Waals surface area contributed by atoms with Crippen LogP contribution < -0.4 is 14.4 Å². The molecular formula is C31H34FN5O3. The molecule has 2 saturated carbocycles. The van der Waals surface area contributed by atoms with Gasteiger partial charge in [-0.1, -0.05) is 0 Å². The standard InChI is InChI=1S/C31H34FN5O3/c1-36-7-5-25-24(14-36)27(4-6-34-25)39-22-11-30(12-22)15-37(16-30)29-28(13-33-19-35-29)40-26-3-2-21(32)8-23(26)20-9-31(10-20)17-38-18-31/h2-4,6,8,13,19-20,22H,5,7,9-12,14-18H2,1H3. The number of ether oxygens (including phenoxy) is 3. The Morgan fingerprint density at radius 3 is 2.65 bits per heavy atom. The molecule has 4 fully saturated rings. The summed E-state index contributed by atoms with van der Waals surface area (Å²) < 4.78 is 32.6. The van der Waals surface area contributed by atoms with Crippen molar-refractivity contribution < 1.29 is 18.6 Å². The van der Waals surface area contributed by atoms with E-state index in [-0.39, 0.29) is 23.3 Å². The lowest BCUT2D eigenvalue weighted by Crippen LogP contribution is -2.65. The van der Waals surface area contributed by atoms with Gasteiger partial charge in [0.1, 0.15) is 29.7 Å². The largest absolute Gasteiger partial charge is 0.490 e. The molecule has 5 heterocycles. The highest BCUT2D eigenvalue weighted by molar-refractivity contribution is 5.56. The first kappa shape index (κ1) is 24.5. The van der Waals surface area contributed by atoms with Crippen LogP contribution in [0.2, 0.25) is 0 Å². The molecule has 208 valence electrons. The number of aromatic nitrogens is 3. The van der Waals surface area contributed by atoms with Crippen molar-refractivity contribution in [2.75, 3.05) is 44.8 Å².